The van der Waals surface area contributed by atoms with Crippen LogP contribution >= 0.6 is 0 Å². The zero-order valence-corrected chi connectivity index (χ0v) is 31.1. The van der Waals surface area contributed by atoms with Crippen molar-refractivity contribution in [3.05, 3.63) is 217 Å². The standard InChI is InChI=1S/C52H44N2/c1-52(2,3)45-29-36-50(37-30-45)54(51-35-28-41-12-10-11-13-44(41)38-51)48-31-22-40(23-32-48)19-18-39-20-24-42(25-21-39)43-26-33-49(34-27-43)53(46-14-6-4-7-15-46)47-16-8-5-9-17-47/h4-38H,1-3H3. The number of hydrogen-bond donors (Lipinski definition) is 0. The van der Waals surface area contributed by atoms with Crippen molar-refractivity contribution in [1.82, 2.24) is 0 Å². The largest absolute Gasteiger partial charge is 0.311 e. The molecule has 0 unspecified atom stereocenters. The molecule has 0 N–H and O–H groups in total. The lowest BCUT2D eigenvalue weighted by Crippen LogP contribution is -2.13. The van der Waals surface area contributed by atoms with Gasteiger partial charge in [0.1, 0.15) is 0 Å². The molecule has 0 bridgehead atoms. The lowest BCUT2D eigenvalue weighted by Gasteiger charge is -2.27. The average molecular weight is 697 g/mol. The summed E-state index contributed by atoms with van der Waals surface area (Å²) in [5.41, 5.74) is 12.9. The first-order valence-corrected chi connectivity index (χ1v) is 18.7. The topological polar surface area (TPSA) is 6.48 Å². The Morgan fingerprint density at radius 1 is 0.333 bits per heavy atom. The van der Waals surface area contributed by atoms with E-state index in [2.05, 4.69) is 243 Å². The molecule has 8 rings (SSSR count). The van der Waals surface area contributed by atoms with Crippen LogP contribution in [0.2, 0.25) is 0 Å². The van der Waals surface area contributed by atoms with Gasteiger partial charge in [0.25, 0.3) is 0 Å². The van der Waals surface area contributed by atoms with E-state index >= 15 is 0 Å². The second kappa shape index (κ2) is 15.1. The minimum Gasteiger partial charge on any atom is -0.311 e. The highest BCUT2D eigenvalue weighted by atomic mass is 15.1. The summed E-state index contributed by atoms with van der Waals surface area (Å²) in [6.45, 7) is 6.78. The summed E-state index contributed by atoms with van der Waals surface area (Å²) in [6, 6.07) is 71.7. The van der Waals surface area contributed by atoms with E-state index in [1.54, 1.807) is 0 Å². The summed E-state index contributed by atoms with van der Waals surface area (Å²) in [5, 5.41) is 2.47. The zero-order valence-electron chi connectivity index (χ0n) is 31.1. The second-order valence-electron chi connectivity index (χ2n) is 14.8. The van der Waals surface area contributed by atoms with Gasteiger partial charge in [0.05, 0.1) is 0 Å². The van der Waals surface area contributed by atoms with Crippen molar-refractivity contribution in [2.45, 2.75) is 26.2 Å². The van der Waals surface area contributed by atoms with Crippen LogP contribution in [-0.2, 0) is 5.41 Å². The van der Waals surface area contributed by atoms with Gasteiger partial charge < -0.3 is 9.80 Å². The molecule has 0 heterocycles. The molecule has 0 fully saturated rings. The summed E-state index contributed by atoms with van der Waals surface area (Å²) in [6.07, 6.45) is 4.37. The first kappa shape index (κ1) is 34.4. The van der Waals surface area contributed by atoms with Crippen LogP contribution in [0.15, 0.2) is 200 Å². The van der Waals surface area contributed by atoms with Crippen LogP contribution < -0.4 is 9.80 Å². The third kappa shape index (κ3) is 7.60. The zero-order chi connectivity index (χ0) is 36.9. The summed E-state index contributed by atoms with van der Waals surface area (Å²) in [5.74, 6) is 0. The fourth-order valence-corrected chi connectivity index (χ4v) is 6.99. The Kier molecular flexibility index (Phi) is 9.66. The van der Waals surface area contributed by atoms with Gasteiger partial charge in [-0.1, -0.05) is 160 Å². The van der Waals surface area contributed by atoms with Gasteiger partial charge in [-0.15, -0.1) is 0 Å². The maximum Gasteiger partial charge on any atom is 0.0468 e. The Bertz CT molecular complexity index is 2440. The van der Waals surface area contributed by atoms with E-state index < -0.39 is 0 Å². The summed E-state index contributed by atoms with van der Waals surface area (Å²) in [7, 11) is 0. The Morgan fingerprint density at radius 3 is 1.22 bits per heavy atom. The molecule has 262 valence electrons. The smallest absolute Gasteiger partial charge is 0.0468 e. The van der Waals surface area contributed by atoms with Crippen molar-refractivity contribution < 1.29 is 0 Å². The van der Waals surface area contributed by atoms with Crippen LogP contribution in [0.4, 0.5) is 34.1 Å². The van der Waals surface area contributed by atoms with Gasteiger partial charge in [0.15, 0.2) is 0 Å². The van der Waals surface area contributed by atoms with Gasteiger partial charge in [0, 0.05) is 34.1 Å². The molecule has 8 aromatic carbocycles. The SMILES string of the molecule is CC(C)(C)c1ccc(N(c2ccc(C=Cc3ccc(-c4ccc(N(c5ccccc5)c5ccccc5)cc4)cc3)cc2)c2ccc3ccccc3c2)cc1. The number of fused-ring (bicyclic) bond motifs is 1. The predicted molar refractivity (Wildman–Crippen MR) is 233 cm³/mol. The van der Waals surface area contributed by atoms with Crippen LogP contribution in [-0.4, -0.2) is 0 Å². The maximum absolute atomic E-state index is 2.35. The normalized spacial score (nSPS) is 11.5. The number of para-hydroxylation sites is 2. The third-order valence-electron chi connectivity index (χ3n) is 10.0. The molecule has 2 nitrogen and oxygen atoms in total. The highest BCUT2D eigenvalue weighted by molar-refractivity contribution is 5.89. The Labute approximate surface area is 319 Å². The van der Waals surface area contributed by atoms with Crippen molar-refractivity contribution in [3.8, 4) is 11.1 Å². The molecule has 2 heteroatoms. The summed E-state index contributed by atoms with van der Waals surface area (Å²) >= 11 is 0. The van der Waals surface area contributed by atoms with Crippen LogP contribution in [0.5, 0.6) is 0 Å². The number of benzene rings is 8. The van der Waals surface area contributed by atoms with Gasteiger partial charge in [-0.25, -0.2) is 0 Å². The van der Waals surface area contributed by atoms with Gasteiger partial charge >= 0.3 is 0 Å². The average Bonchev–Trinajstić information content (AvgIpc) is 3.22. The van der Waals surface area contributed by atoms with E-state index in [1.165, 1.54) is 27.5 Å². The number of rotatable bonds is 9. The van der Waals surface area contributed by atoms with E-state index in [0.29, 0.717) is 0 Å². The van der Waals surface area contributed by atoms with Crippen molar-refractivity contribution in [2.75, 3.05) is 9.80 Å². The number of anilines is 6. The van der Waals surface area contributed by atoms with Crippen LogP contribution in [0, 0.1) is 0 Å². The van der Waals surface area contributed by atoms with E-state index in [4.69, 9.17) is 0 Å². The van der Waals surface area contributed by atoms with Crippen LogP contribution in [0.25, 0.3) is 34.1 Å². The Morgan fingerprint density at radius 2 is 0.704 bits per heavy atom. The second-order valence-corrected chi connectivity index (χ2v) is 14.8. The quantitative estimate of drug-likeness (QED) is 0.139. The first-order chi connectivity index (χ1) is 26.4. The number of nitrogens with zero attached hydrogens (tertiary/aromatic N) is 2. The molecule has 8 aromatic rings. The molecular weight excluding hydrogens is 653 g/mol. The van der Waals surface area contributed by atoms with Gasteiger partial charge in [-0.2, -0.15) is 0 Å². The lowest BCUT2D eigenvalue weighted by atomic mass is 9.87. The van der Waals surface area contributed by atoms with Crippen molar-refractivity contribution in [2.24, 2.45) is 0 Å². The van der Waals surface area contributed by atoms with E-state index in [0.717, 1.165) is 45.3 Å². The minimum atomic E-state index is 0.0974. The van der Waals surface area contributed by atoms with Gasteiger partial charge in [-0.3, -0.25) is 0 Å². The minimum absolute atomic E-state index is 0.0974. The Balaban J connectivity index is 1.00. The van der Waals surface area contributed by atoms with E-state index in [9.17, 15) is 0 Å². The molecular formula is C52H44N2. The monoisotopic (exact) mass is 696 g/mol. The highest BCUT2D eigenvalue weighted by Crippen LogP contribution is 2.38. The van der Waals surface area contributed by atoms with E-state index in [-0.39, 0.29) is 5.41 Å². The van der Waals surface area contributed by atoms with Crippen LogP contribution in [0.1, 0.15) is 37.5 Å². The molecule has 0 radical (unpaired) electrons. The van der Waals surface area contributed by atoms with Crippen molar-refractivity contribution in [3.63, 3.8) is 0 Å². The molecule has 0 aliphatic carbocycles. The molecule has 0 amide bonds. The molecule has 0 aliphatic rings. The fourth-order valence-electron chi connectivity index (χ4n) is 6.99. The van der Waals surface area contributed by atoms with Gasteiger partial charge in [-0.05, 0) is 117 Å². The Hall–Kier alpha value is -6.64. The van der Waals surface area contributed by atoms with E-state index in [1.807, 2.05) is 0 Å². The molecule has 0 saturated heterocycles. The highest BCUT2D eigenvalue weighted by Gasteiger charge is 2.17. The molecule has 54 heavy (non-hydrogen) atoms. The fraction of sp³-hybridized carbons (Fsp3) is 0.0769. The van der Waals surface area contributed by atoms with Crippen LogP contribution in [0.3, 0.4) is 0 Å². The number of hydrogen-bond acceptors (Lipinski definition) is 2. The summed E-state index contributed by atoms with van der Waals surface area (Å²) < 4.78 is 0. The molecule has 0 atom stereocenters. The molecule has 0 aliphatic heterocycles. The first-order valence-electron chi connectivity index (χ1n) is 18.7. The maximum atomic E-state index is 2.35. The molecule has 0 spiro atoms. The molecule has 0 aromatic heterocycles. The van der Waals surface area contributed by atoms with Crippen molar-refractivity contribution >= 4 is 57.0 Å². The molecule has 0 saturated carbocycles. The summed E-state index contributed by atoms with van der Waals surface area (Å²) in [4.78, 5) is 4.63. The van der Waals surface area contributed by atoms with Crippen molar-refractivity contribution in [1.29, 1.82) is 0 Å². The third-order valence-corrected chi connectivity index (χ3v) is 10.0. The van der Waals surface area contributed by atoms with Gasteiger partial charge in [0.2, 0.25) is 0 Å². The predicted octanol–water partition coefficient (Wildman–Crippen LogP) is 14.9. The lowest BCUT2D eigenvalue weighted by molar-refractivity contribution is 0.590.